The molecule has 1 saturated carbocycles. The molecule has 0 radical (unpaired) electrons. The van der Waals surface area contributed by atoms with Crippen LogP contribution in [0.15, 0.2) is 18.2 Å². The summed E-state index contributed by atoms with van der Waals surface area (Å²) >= 11 is 0. The molecule has 1 aromatic rings. The average molecular weight is 287 g/mol. The van der Waals surface area contributed by atoms with E-state index in [9.17, 15) is 12.9 Å². The van der Waals surface area contributed by atoms with Crippen molar-refractivity contribution in [3.63, 3.8) is 0 Å². The zero-order valence-corrected chi connectivity index (χ0v) is 11.7. The predicted molar refractivity (Wildman–Crippen MR) is 73.8 cm³/mol. The van der Waals surface area contributed by atoms with Crippen molar-refractivity contribution in [3.8, 4) is 11.5 Å². The Morgan fingerprint density at radius 3 is 2.55 bits per heavy atom. The molecule has 2 nitrogen and oxygen atoms in total. The minimum Gasteiger partial charge on any atom is -0.497 e. The molecule has 20 heavy (non-hydrogen) atoms. The summed E-state index contributed by atoms with van der Waals surface area (Å²) in [5, 5.41) is 0. The number of halogens is 3. The van der Waals surface area contributed by atoms with Crippen molar-refractivity contribution in [2.45, 2.75) is 38.7 Å². The highest BCUT2D eigenvalue weighted by Crippen LogP contribution is 2.29. The fourth-order valence-electron chi connectivity index (χ4n) is 2.68. The molecule has 0 amide bonds. The molecule has 0 saturated heterocycles. The van der Waals surface area contributed by atoms with Gasteiger partial charge in [0.2, 0.25) is 0 Å². The topological polar surface area (TPSA) is 18.5 Å². The van der Waals surface area contributed by atoms with Crippen LogP contribution >= 0.6 is 0 Å². The van der Waals surface area contributed by atoms with Crippen LogP contribution in [0.25, 0.3) is 0 Å². The maximum Gasteiger partial charge on any atom is 0.513 e. The van der Waals surface area contributed by atoms with Crippen LogP contribution in [-0.2, 0) is 0 Å². The first-order valence-corrected chi connectivity index (χ1v) is 6.94. The van der Waals surface area contributed by atoms with Crippen LogP contribution < -0.4 is 14.9 Å². The van der Waals surface area contributed by atoms with Gasteiger partial charge in [-0.15, -0.1) is 0 Å². The molecule has 0 N–H and O–H groups in total. The van der Waals surface area contributed by atoms with Crippen molar-refractivity contribution in [1.82, 2.24) is 0 Å². The third-order valence-electron chi connectivity index (χ3n) is 3.75. The maximum atomic E-state index is 13.1. The fraction of sp³-hybridized carbons (Fsp3) is 0.571. The van der Waals surface area contributed by atoms with E-state index in [1.165, 1.54) is 19.2 Å². The number of hydrogen-bond acceptors (Lipinski definition) is 2. The summed E-state index contributed by atoms with van der Waals surface area (Å²) in [7, 11) is 1.35. The lowest BCUT2D eigenvalue weighted by atomic mass is 9.79. The minimum absolute atomic E-state index is 0.0719. The second-order valence-corrected chi connectivity index (χ2v) is 5.49. The Bertz CT molecular complexity index is 462. The van der Waals surface area contributed by atoms with Gasteiger partial charge in [-0.2, -0.15) is 0 Å². The van der Waals surface area contributed by atoms with Gasteiger partial charge in [0.1, 0.15) is 5.75 Å². The molecule has 0 heterocycles. The molecule has 1 aliphatic carbocycles. The Morgan fingerprint density at radius 1 is 1.20 bits per heavy atom. The Balaban J connectivity index is 2.22. The zero-order chi connectivity index (χ0) is 14.8. The van der Waals surface area contributed by atoms with E-state index in [1.54, 1.807) is 0 Å². The summed E-state index contributed by atoms with van der Waals surface area (Å²) in [4.78, 5) is 0. The highest BCUT2D eigenvalue weighted by atomic mass is 19.4. The highest BCUT2D eigenvalue weighted by molar-refractivity contribution is 6.74. The molecule has 6 heteroatoms. The average Bonchev–Trinajstić information content (AvgIpc) is 2.38. The van der Waals surface area contributed by atoms with E-state index in [2.05, 4.69) is 6.92 Å². The first-order valence-electron chi connectivity index (χ1n) is 6.94. The van der Waals surface area contributed by atoms with Gasteiger partial charge in [-0.05, 0) is 43.4 Å². The molecule has 0 aromatic heterocycles. The normalized spacial score (nSPS) is 23.4. The van der Waals surface area contributed by atoms with E-state index in [1.807, 2.05) is 0 Å². The molecule has 2 atom stereocenters. The third kappa shape index (κ3) is 3.61. The summed E-state index contributed by atoms with van der Waals surface area (Å²) in [6, 6.07) is 3.89. The second-order valence-electron chi connectivity index (χ2n) is 5.49. The lowest BCUT2D eigenvalue weighted by Gasteiger charge is -2.30. The van der Waals surface area contributed by atoms with Crippen LogP contribution in [0.2, 0.25) is 0 Å². The minimum atomic E-state index is -5.11. The quantitative estimate of drug-likeness (QED) is 0.786. The molecule has 1 aliphatic rings. The second kappa shape index (κ2) is 5.98. The standard InChI is InChI=1S/C14H19BF3O2/c1-10-4-3-5-12(8-10)20-14-7-6-11(19-2)9-13(14)15(16,17)18/h6-7,9-10,12H,3-5,8H2,1-2H3/q-1. The molecular formula is C14H19BF3O2-. The Hall–Kier alpha value is -1.33. The van der Waals surface area contributed by atoms with Crippen LogP contribution in [-0.4, -0.2) is 20.2 Å². The van der Waals surface area contributed by atoms with Gasteiger partial charge in [0.15, 0.2) is 0 Å². The van der Waals surface area contributed by atoms with Crippen molar-refractivity contribution in [2.24, 2.45) is 5.92 Å². The summed E-state index contributed by atoms with van der Waals surface area (Å²) in [6.45, 7) is -3.00. The van der Waals surface area contributed by atoms with Gasteiger partial charge in [-0.25, -0.2) is 0 Å². The van der Waals surface area contributed by atoms with Gasteiger partial charge in [0.05, 0.1) is 19.0 Å². The SMILES string of the molecule is COc1ccc(OC2CCCC(C)C2)c([B-](F)(F)F)c1. The first kappa shape index (κ1) is 15.1. The number of benzene rings is 1. The van der Waals surface area contributed by atoms with Crippen LogP contribution in [0.3, 0.4) is 0 Å². The van der Waals surface area contributed by atoms with Gasteiger partial charge in [0.25, 0.3) is 0 Å². The molecule has 1 fully saturated rings. The van der Waals surface area contributed by atoms with E-state index in [-0.39, 0.29) is 17.6 Å². The highest BCUT2D eigenvalue weighted by Gasteiger charge is 2.31. The van der Waals surface area contributed by atoms with Gasteiger partial charge in [-0.3, -0.25) is 0 Å². The monoisotopic (exact) mass is 287 g/mol. The van der Waals surface area contributed by atoms with Crippen LogP contribution in [0.5, 0.6) is 11.5 Å². The molecular weight excluding hydrogens is 268 g/mol. The summed E-state index contributed by atoms with van der Waals surface area (Å²) in [5.41, 5.74) is -0.706. The van der Waals surface area contributed by atoms with E-state index < -0.39 is 12.4 Å². The van der Waals surface area contributed by atoms with Crippen LogP contribution in [0.4, 0.5) is 12.9 Å². The fourth-order valence-corrected chi connectivity index (χ4v) is 2.68. The number of rotatable bonds is 4. The van der Waals surface area contributed by atoms with Gasteiger partial charge in [0, 0.05) is 0 Å². The number of methoxy groups -OCH3 is 1. The maximum absolute atomic E-state index is 13.1. The molecule has 2 unspecified atom stereocenters. The number of ether oxygens (including phenoxy) is 2. The predicted octanol–water partition coefficient (Wildman–Crippen LogP) is 3.71. The van der Waals surface area contributed by atoms with E-state index in [0.29, 0.717) is 5.92 Å². The molecule has 112 valence electrons. The Labute approximate surface area is 117 Å². The molecule has 1 aromatic carbocycles. The lowest BCUT2D eigenvalue weighted by molar-refractivity contribution is 0.130. The smallest absolute Gasteiger partial charge is 0.497 e. The third-order valence-corrected chi connectivity index (χ3v) is 3.75. The molecule has 2 rings (SSSR count). The van der Waals surface area contributed by atoms with E-state index in [4.69, 9.17) is 9.47 Å². The molecule has 0 spiro atoms. The summed E-state index contributed by atoms with van der Waals surface area (Å²) in [6.07, 6.45) is 3.65. The first-order chi connectivity index (χ1) is 9.40. The summed E-state index contributed by atoms with van der Waals surface area (Å²) < 4.78 is 49.9. The van der Waals surface area contributed by atoms with Crippen molar-refractivity contribution in [2.75, 3.05) is 7.11 Å². The van der Waals surface area contributed by atoms with Crippen molar-refractivity contribution < 1.29 is 22.4 Å². The summed E-state index contributed by atoms with van der Waals surface area (Å²) in [5.74, 6) is 0.632. The molecule has 0 bridgehead atoms. The van der Waals surface area contributed by atoms with E-state index in [0.717, 1.165) is 31.7 Å². The van der Waals surface area contributed by atoms with Gasteiger partial charge < -0.3 is 22.4 Å². The van der Waals surface area contributed by atoms with Gasteiger partial charge in [-0.1, -0.05) is 18.8 Å². The van der Waals surface area contributed by atoms with Crippen molar-refractivity contribution in [3.05, 3.63) is 18.2 Å². The van der Waals surface area contributed by atoms with Crippen LogP contribution in [0.1, 0.15) is 32.6 Å². The molecule has 0 aliphatic heterocycles. The van der Waals surface area contributed by atoms with Crippen molar-refractivity contribution in [1.29, 1.82) is 0 Å². The van der Waals surface area contributed by atoms with Crippen molar-refractivity contribution >= 4 is 12.4 Å². The van der Waals surface area contributed by atoms with E-state index >= 15 is 0 Å². The number of hydrogen-bond donors (Lipinski definition) is 0. The Kier molecular flexibility index (Phi) is 4.50. The van der Waals surface area contributed by atoms with Gasteiger partial charge >= 0.3 is 6.98 Å². The lowest BCUT2D eigenvalue weighted by Crippen LogP contribution is -2.37. The van der Waals surface area contributed by atoms with Crippen LogP contribution in [0, 0.1) is 5.92 Å². The zero-order valence-electron chi connectivity index (χ0n) is 11.7. The largest absolute Gasteiger partial charge is 0.513 e. The Morgan fingerprint density at radius 2 is 1.95 bits per heavy atom.